The van der Waals surface area contributed by atoms with Gasteiger partial charge in [-0.15, -0.1) is 0 Å². The summed E-state index contributed by atoms with van der Waals surface area (Å²) in [5.74, 6) is 0.529. The molecule has 84 valence electrons. The van der Waals surface area contributed by atoms with Crippen LogP contribution in [0, 0.1) is 5.92 Å². The third kappa shape index (κ3) is 9.01. The van der Waals surface area contributed by atoms with Crippen molar-refractivity contribution < 1.29 is 4.79 Å². The van der Waals surface area contributed by atoms with E-state index in [4.69, 9.17) is 0 Å². The van der Waals surface area contributed by atoms with Crippen LogP contribution in [-0.2, 0) is 4.79 Å². The molecule has 0 aliphatic rings. The fraction of sp³-hybridized carbons (Fsp3) is 0.462. The van der Waals surface area contributed by atoms with Crippen LogP contribution in [-0.4, -0.2) is 5.91 Å². The van der Waals surface area contributed by atoms with E-state index < -0.39 is 0 Å². The van der Waals surface area contributed by atoms with E-state index >= 15 is 0 Å². The molecule has 0 aromatic rings. The lowest BCUT2D eigenvalue weighted by Gasteiger charge is -1.99. The minimum atomic E-state index is -0.0347. The Bertz CT molecular complexity index is 296. The quantitative estimate of drug-likeness (QED) is 0.705. The molecule has 0 spiro atoms. The van der Waals surface area contributed by atoms with Gasteiger partial charge in [-0.3, -0.25) is 4.79 Å². The molecule has 0 aromatic heterocycles. The Balaban J connectivity index is 4.31. The number of carbonyl (C=O) groups is 1. The van der Waals surface area contributed by atoms with Crippen molar-refractivity contribution in [2.45, 2.75) is 34.6 Å². The van der Waals surface area contributed by atoms with Crippen LogP contribution < -0.4 is 5.32 Å². The first kappa shape index (κ1) is 13.7. The Morgan fingerprint density at radius 2 is 1.73 bits per heavy atom. The van der Waals surface area contributed by atoms with Gasteiger partial charge in [0.25, 0.3) is 0 Å². The molecule has 0 atom stereocenters. The molecule has 0 saturated carbocycles. The van der Waals surface area contributed by atoms with Gasteiger partial charge in [0.1, 0.15) is 0 Å². The van der Waals surface area contributed by atoms with Gasteiger partial charge in [-0.1, -0.05) is 37.6 Å². The minimum Gasteiger partial charge on any atom is -0.330 e. The lowest BCUT2D eigenvalue weighted by atomic mass is 10.1. The highest BCUT2D eigenvalue weighted by molar-refractivity contribution is 5.74. The summed E-state index contributed by atoms with van der Waals surface area (Å²) in [7, 11) is 0. The summed E-state index contributed by atoms with van der Waals surface area (Å²) in [4.78, 5) is 10.7. The van der Waals surface area contributed by atoms with Crippen molar-refractivity contribution in [3.63, 3.8) is 0 Å². The van der Waals surface area contributed by atoms with Gasteiger partial charge >= 0.3 is 0 Å². The molecule has 0 rings (SSSR count). The van der Waals surface area contributed by atoms with E-state index in [1.54, 1.807) is 0 Å². The van der Waals surface area contributed by atoms with E-state index in [9.17, 15) is 4.79 Å². The van der Waals surface area contributed by atoms with Gasteiger partial charge in [-0.2, -0.15) is 0 Å². The zero-order chi connectivity index (χ0) is 11.8. The number of hydrogen-bond donors (Lipinski definition) is 1. The van der Waals surface area contributed by atoms with Crippen LogP contribution >= 0.6 is 0 Å². The third-order valence-electron chi connectivity index (χ3n) is 1.71. The molecule has 0 fully saturated rings. The largest absolute Gasteiger partial charge is 0.330 e. The average molecular weight is 207 g/mol. The second-order valence-corrected chi connectivity index (χ2v) is 4.04. The Morgan fingerprint density at radius 1 is 1.13 bits per heavy atom. The molecule has 2 heteroatoms. The molecule has 0 aliphatic carbocycles. The number of nitrogens with one attached hydrogen (secondary N) is 1. The van der Waals surface area contributed by atoms with E-state index in [1.165, 1.54) is 12.5 Å². The Hall–Kier alpha value is -1.31. The smallest absolute Gasteiger partial charge is 0.220 e. The SMILES string of the molecule is CC(=O)N/C(C)=C/C=C(C)/C=C/C(C)C. The number of rotatable bonds is 4. The Kier molecular flexibility index (Phi) is 6.43. The van der Waals surface area contributed by atoms with Crippen molar-refractivity contribution in [3.8, 4) is 0 Å². The van der Waals surface area contributed by atoms with Crippen LogP contribution in [0.2, 0.25) is 0 Å². The van der Waals surface area contributed by atoms with Crippen LogP contribution in [0.15, 0.2) is 35.6 Å². The van der Waals surface area contributed by atoms with Crippen LogP contribution in [0.1, 0.15) is 34.6 Å². The second kappa shape index (κ2) is 7.04. The van der Waals surface area contributed by atoms with E-state index in [0.717, 1.165) is 5.70 Å². The van der Waals surface area contributed by atoms with Crippen molar-refractivity contribution in [1.82, 2.24) is 5.32 Å². The third-order valence-corrected chi connectivity index (χ3v) is 1.71. The lowest BCUT2D eigenvalue weighted by molar-refractivity contribution is -0.118. The van der Waals surface area contributed by atoms with Crippen molar-refractivity contribution >= 4 is 5.91 Å². The second-order valence-electron chi connectivity index (χ2n) is 4.04. The van der Waals surface area contributed by atoms with Gasteiger partial charge in [-0.05, 0) is 25.8 Å². The van der Waals surface area contributed by atoms with Crippen molar-refractivity contribution in [2.75, 3.05) is 0 Å². The topological polar surface area (TPSA) is 29.1 Å². The van der Waals surface area contributed by atoms with Gasteiger partial charge in [-0.25, -0.2) is 0 Å². The van der Waals surface area contributed by atoms with Gasteiger partial charge in [0, 0.05) is 12.6 Å². The monoisotopic (exact) mass is 207 g/mol. The molecule has 0 unspecified atom stereocenters. The molecule has 0 radical (unpaired) electrons. The maximum Gasteiger partial charge on any atom is 0.220 e. The molecule has 1 amide bonds. The zero-order valence-corrected chi connectivity index (χ0v) is 10.3. The molecule has 15 heavy (non-hydrogen) atoms. The average Bonchev–Trinajstić information content (AvgIpc) is 2.10. The molecular weight excluding hydrogens is 186 g/mol. The first-order valence-electron chi connectivity index (χ1n) is 5.22. The molecule has 1 N–H and O–H groups in total. The molecule has 0 heterocycles. The van der Waals surface area contributed by atoms with Crippen molar-refractivity contribution in [1.29, 1.82) is 0 Å². The summed E-state index contributed by atoms with van der Waals surface area (Å²) in [6.07, 6.45) is 8.13. The summed E-state index contributed by atoms with van der Waals surface area (Å²) in [5.41, 5.74) is 2.04. The fourth-order valence-electron chi connectivity index (χ4n) is 0.976. The van der Waals surface area contributed by atoms with E-state index in [2.05, 4.69) is 31.3 Å². The van der Waals surface area contributed by atoms with Crippen LogP contribution in [0.4, 0.5) is 0 Å². The molecule has 2 nitrogen and oxygen atoms in total. The summed E-state index contributed by atoms with van der Waals surface area (Å²) in [6, 6.07) is 0. The minimum absolute atomic E-state index is 0.0347. The highest BCUT2D eigenvalue weighted by atomic mass is 16.1. The maximum absolute atomic E-state index is 10.7. The predicted octanol–water partition coefficient (Wildman–Crippen LogP) is 3.18. The van der Waals surface area contributed by atoms with Gasteiger partial charge in [0.2, 0.25) is 5.91 Å². The Labute approximate surface area is 92.8 Å². The van der Waals surface area contributed by atoms with Crippen LogP contribution in [0.5, 0.6) is 0 Å². The first-order chi connectivity index (χ1) is 6.91. The standard InChI is InChI=1S/C13H21NO/c1-10(2)6-7-11(3)8-9-12(4)14-13(5)15/h6-10H,1-5H3,(H,14,15)/b7-6+,11-8+,12-9+. The number of allylic oxidation sites excluding steroid dienone is 6. The van der Waals surface area contributed by atoms with Crippen LogP contribution in [0.3, 0.4) is 0 Å². The molecule has 0 aliphatic heterocycles. The van der Waals surface area contributed by atoms with Gasteiger partial charge in [0.15, 0.2) is 0 Å². The summed E-state index contributed by atoms with van der Waals surface area (Å²) < 4.78 is 0. The first-order valence-corrected chi connectivity index (χ1v) is 5.22. The normalized spacial score (nSPS) is 13.7. The van der Waals surface area contributed by atoms with E-state index in [0.29, 0.717) is 5.92 Å². The summed E-state index contributed by atoms with van der Waals surface area (Å²) in [6.45, 7) is 9.70. The molecule has 0 saturated heterocycles. The molecule has 0 aromatic carbocycles. The number of amides is 1. The molecular formula is C13H21NO. The fourth-order valence-corrected chi connectivity index (χ4v) is 0.976. The highest BCUT2D eigenvalue weighted by Gasteiger charge is 1.90. The van der Waals surface area contributed by atoms with Gasteiger partial charge < -0.3 is 5.32 Å². The number of carbonyl (C=O) groups excluding carboxylic acids is 1. The maximum atomic E-state index is 10.7. The summed E-state index contributed by atoms with van der Waals surface area (Å²) >= 11 is 0. The van der Waals surface area contributed by atoms with Crippen molar-refractivity contribution in [2.24, 2.45) is 5.92 Å². The van der Waals surface area contributed by atoms with E-state index in [1.807, 2.05) is 26.0 Å². The summed E-state index contributed by atoms with van der Waals surface area (Å²) in [5, 5.41) is 2.72. The Morgan fingerprint density at radius 3 is 2.20 bits per heavy atom. The highest BCUT2D eigenvalue weighted by Crippen LogP contribution is 2.01. The molecule has 0 bridgehead atoms. The number of hydrogen-bond acceptors (Lipinski definition) is 1. The van der Waals surface area contributed by atoms with Gasteiger partial charge in [0.05, 0.1) is 0 Å². The van der Waals surface area contributed by atoms with E-state index in [-0.39, 0.29) is 5.91 Å². The predicted molar refractivity (Wildman–Crippen MR) is 65.3 cm³/mol. The van der Waals surface area contributed by atoms with Crippen LogP contribution in [0.25, 0.3) is 0 Å². The zero-order valence-electron chi connectivity index (χ0n) is 10.3. The van der Waals surface area contributed by atoms with Crippen molar-refractivity contribution in [3.05, 3.63) is 35.6 Å². The lowest BCUT2D eigenvalue weighted by Crippen LogP contribution is -2.16.